The minimum atomic E-state index is -0.0769. The molecule has 1 aliphatic rings. The molecule has 2 aromatic carbocycles. The maximum atomic E-state index is 12.9. The van der Waals surface area contributed by atoms with E-state index in [0.29, 0.717) is 49.7 Å². The third kappa shape index (κ3) is 6.00. The Hall–Kier alpha value is -3.02. The van der Waals surface area contributed by atoms with Crippen molar-refractivity contribution in [1.29, 1.82) is 0 Å². The summed E-state index contributed by atoms with van der Waals surface area (Å²) in [5, 5.41) is 0. The van der Waals surface area contributed by atoms with Crippen molar-refractivity contribution in [3.63, 3.8) is 0 Å². The fraction of sp³-hybridized carbons (Fsp3) is 0.440. The zero-order chi connectivity index (χ0) is 22.2. The monoisotopic (exact) mass is 424 g/mol. The van der Waals surface area contributed by atoms with Crippen molar-refractivity contribution in [2.24, 2.45) is 0 Å². The van der Waals surface area contributed by atoms with Gasteiger partial charge in [-0.05, 0) is 36.1 Å². The van der Waals surface area contributed by atoms with Crippen LogP contribution in [0.25, 0.3) is 0 Å². The number of hydrogen-bond acceptors (Lipinski definition) is 4. The number of ether oxygens (including phenoxy) is 2. The van der Waals surface area contributed by atoms with E-state index in [-0.39, 0.29) is 11.8 Å². The number of carbonyl (C=O) groups is 2. The predicted molar refractivity (Wildman–Crippen MR) is 121 cm³/mol. The van der Waals surface area contributed by atoms with Gasteiger partial charge in [-0.1, -0.05) is 37.6 Å². The maximum absolute atomic E-state index is 12.9. The zero-order valence-corrected chi connectivity index (χ0v) is 18.7. The minimum Gasteiger partial charge on any atom is -0.497 e. The van der Waals surface area contributed by atoms with Crippen LogP contribution in [0.1, 0.15) is 41.3 Å². The number of benzene rings is 2. The average molecular weight is 425 g/mol. The lowest BCUT2D eigenvalue weighted by molar-refractivity contribution is -0.131. The van der Waals surface area contributed by atoms with Gasteiger partial charge in [-0.25, -0.2) is 0 Å². The summed E-state index contributed by atoms with van der Waals surface area (Å²) < 4.78 is 10.5. The van der Waals surface area contributed by atoms with Crippen LogP contribution in [0.3, 0.4) is 0 Å². The molecule has 0 aliphatic carbocycles. The minimum absolute atomic E-state index is 0.0769. The summed E-state index contributed by atoms with van der Waals surface area (Å²) in [5.74, 6) is 1.19. The van der Waals surface area contributed by atoms with Crippen molar-refractivity contribution in [2.45, 2.75) is 32.6 Å². The second kappa shape index (κ2) is 10.8. The highest BCUT2D eigenvalue weighted by Crippen LogP contribution is 2.24. The second-order valence-electron chi connectivity index (χ2n) is 7.87. The molecule has 0 unspecified atom stereocenters. The van der Waals surface area contributed by atoms with E-state index in [1.165, 1.54) is 18.4 Å². The SMILES string of the molecule is CCCCc1ccc(CC(=O)N2CCN(C(=O)c3cc(OC)cc(OC)c3)CC2)cc1. The van der Waals surface area contributed by atoms with E-state index in [1.54, 1.807) is 37.3 Å². The van der Waals surface area contributed by atoms with Crippen LogP contribution in [0.15, 0.2) is 42.5 Å². The normalized spacial score (nSPS) is 13.8. The predicted octanol–water partition coefficient (Wildman–Crippen LogP) is 3.57. The molecule has 3 rings (SSSR count). The van der Waals surface area contributed by atoms with Gasteiger partial charge in [0.1, 0.15) is 11.5 Å². The van der Waals surface area contributed by atoms with Gasteiger partial charge in [0.2, 0.25) is 5.91 Å². The molecule has 0 radical (unpaired) electrons. The Morgan fingerprint density at radius 2 is 1.39 bits per heavy atom. The summed E-state index contributed by atoms with van der Waals surface area (Å²) in [6.45, 7) is 4.30. The quantitative estimate of drug-likeness (QED) is 0.650. The number of amides is 2. The molecule has 1 heterocycles. The lowest BCUT2D eigenvalue weighted by Crippen LogP contribution is -2.51. The van der Waals surface area contributed by atoms with Gasteiger partial charge in [-0.15, -0.1) is 0 Å². The summed E-state index contributed by atoms with van der Waals surface area (Å²) in [4.78, 5) is 29.3. The summed E-state index contributed by atoms with van der Waals surface area (Å²) in [6.07, 6.45) is 3.85. The van der Waals surface area contributed by atoms with E-state index in [4.69, 9.17) is 9.47 Å². The maximum Gasteiger partial charge on any atom is 0.254 e. The molecule has 6 heteroatoms. The van der Waals surface area contributed by atoms with Crippen LogP contribution in [0.2, 0.25) is 0 Å². The van der Waals surface area contributed by atoms with Gasteiger partial charge in [0.05, 0.1) is 20.6 Å². The number of carbonyl (C=O) groups excluding carboxylic acids is 2. The molecule has 0 N–H and O–H groups in total. The molecule has 0 atom stereocenters. The molecule has 6 nitrogen and oxygen atoms in total. The number of unbranched alkanes of at least 4 members (excludes halogenated alkanes) is 1. The molecule has 2 amide bonds. The van der Waals surface area contributed by atoms with Gasteiger partial charge in [0.25, 0.3) is 5.91 Å². The van der Waals surface area contributed by atoms with E-state index in [9.17, 15) is 9.59 Å². The van der Waals surface area contributed by atoms with Gasteiger partial charge < -0.3 is 19.3 Å². The number of hydrogen-bond donors (Lipinski definition) is 0. The highest BCUT2D eigenvalue weighted by molar-refractivity contribution is 5.95. The van der Waals surface area contributed by atoms with Crippen molar-refractivity contribution in [3.05, 3.63) is 59.2 Å². The fourth-order valence-electron chi connectivity index (χ4n) is 3.76. The lowest BCUT2D eigenvalue weighted by atomic mass is 10.0. The third-order valence-electron chi connectivity index (χ3n) is 5.72. The van der Waals surface area contributed by atoms with Crippen LogP contribution >= 0.6 is 0 Å². The summed E-state index contributed by atoms with van der Waals surface area (Å²) >= 11 is 0. The van der Waals surface area contributed by atoms with E-state index in [0.717, 1.165) is 12.0 Å². The first-order valence-corrected chi connectivity index (χ1v) is 10.9. The Morgan fingerprint density at radius 1 is 0.839 bits per heavy atom. The van der Waals surface area contributed by atoms with Crippen LogP contribution in [0, 0.1) is 0 Å². The first-order valence-electron chi connectivity index (χ1n) is 10.9. The van der Waals surface area contributed by atoms with Crippen molar-refractivity contribution < 1.29 is 19.1 Å². The first-order chi connectivity index (χ1) is 15.0. The van der Waals surface area contributed by atoms with Crippen molar-refractivity contribution in [2.75, 3.05) is 40.4 Å². The van der Waals surface area contributed by atoms with Gasteiger partial charge in [0.15, 0.2) is 0 Å². The number of nitrogens with zero attached hydrogens (tertiary/aromatic N) is 2. The summed E-state index contributed by atoms with van der Waals surface area (Å²) in [7, 11) is 3.12. The highest BCUT2D eigenvalue weighted by atomic mass is 16.5. The Balaban J connectivity index is 1.54. The Kier molecular flexibility index (Phi) is 7.93. The van der Waals surface area contributed by atoms with Gasteiger partial charge in [0, 0.05) is 37.8 Å². The van der Waals surface area contributed by atoms with Crippen LogP contribution < -0.4 is 9.47 Å². The van der Waals surface area contributed by atoms with Gasteiger partial charge in [-0.2, -0.15) is 0 Å². The van der Waals surface area contributed by atoms with Crippen molar-refractivity contribution in [3.8, 4) is 11.5 Å². The number of aryl methyl sites for hydroxylation is 1. The largest absolute Gasteiger partial charge is 0.497 e. The van der Waals surface area contributed by atoms with E-state index >= 15 is 0 Å². The van der Waals surface area contributed by atoms with Crippen LogP contribution in [-0.2, 0) is 17.6 Å². The third-order valence-corrected chi connectivity index (χ3v) is 5.72. The second-order valence-corrected chi connectivity index (χ2v) is 7.87. The van der Waals surface area contributed by atoms with Crippen LogP contribution in [0.5, 0.6) is 11.5 Å². The van der Waals surface area contributed by atoms with Crippen molar-refractivity contribution in [1.82, 2.24) is 9.80 Å². The molecule has 1 aliphatic heterocycles. The Morgan fingerprint density at radius 3 is 1.94 bits per heavy atom. The standard InChI is InChI=1S/C25H32N2O4/c1-4-5-6-19-7-9-20(10-8-19)15-24(28)26-11-13-27(14-12-26)25(29)21-16-22(30-2)18-23(17-21)31-3/h7-10,16-18H,4-6,11-15H2,1-3H3. The molecule has 0 aromatic heterocycles. The molecule has 0 bridgehead atoms. The molecule has 166 valence electrons. The highest BCUT2D eigenvalue weighted by Gasteiger charge is 2.25. The molecule has 31 heavy (non-hydrogen) atoms. The average Bonchev–Trinajstić information content (AvgIpc) is 2.82. The number of piperazine rings is 1. The molecule has 0 spiro atoms. The molecular weight excluding hydrogens is 392 g/mol. The van der Waals surface area contributed by atoms with Crippen LogP contribution in [-0.4, -0.2) is 62.0 Å². The molecular formula is C25H32N2O4. The lowest BCUT2D eigenvalue weighted by Gasteiger charge is -2.35. The summed E-state index contributed by atoms with van der Waals surface area (Å²) in [5.41, 5.74) is 2.88. The Labute approximate surface area is 184 Å². The molecule has 1 fully saturated rings. The molecule has 1 saturated heterocycles. The van der Waals surface area contributed by atoms with Gasteiger partial charge in [-0.3, -0.25) is 9.59 Å². The Bertz CT molecular complexity index is 865. The number of rotatable bonds is 8. The van der Waals surface area contributed by atoms with Gasteiger partial charge >= 0.3 is 0 Å². The van der Waals surface area contributed by atoms with Crippen molar-refractivity contribution >= 4 is 11.8 Å². The smallest absolute Gasteiger partial charge is 0.254 e. The zero-order valence-electron chi connectivity index (χ0n) is 18.7. The summed E-state index contributed by atoms with van der Waals surface area (Å²) in [6, 6.07) is 13.5. The fourth-order valence-corrected chi connectivity index (χ4v) is 3.76. The topological polar surface area (TPSA) is 59.1 Å². The van der Waals surface area contributed by atoms with E-state index in [1.807, 2.05) is 4.90 Å². The molecule has 2 aromatic rings. The van der Waals surface area contributed by atoms with Crippen LogP contribution in [0.4, 0.5) is 0 Å². The molecule has 0 saturated carbocycles. The van der Waals surface area contributed by atoms with E-state index < -0.39 is 0 Å². The van der Waals surface area contributed by atoms with E-state index in [2.05, 4.69) is 31.2 Å². The first kappa shape index (κ1) is 22.7. The number of methoxy groups -OCH3 is 2.